The van der Waals surface area contributed by atoms with Crippen LogP contribution in [0.3, 0.4) is 0 Å². The summed E-state index contributed by atoms with van der Waals surface area (Å²) < 4.78 is 15.7. The highest BCUT2D eigenvalue weighted by molar-refractivity contribution is 5.83. The average Bonchev–Trinajstić information content (AvgIpc) is 2.67. The number of amides is 1. The van der Waals surface area contributed by atoms with Crippen molar-refractivity contribution in [1.29, 1.82) is 0 Å². The summed E-state index contributed by atoms with van der Waals surface area (Å²) in [5.74, 6) is -0.0407. The first kappa shape index (κ1) is 19.8. The Balaban J connectivity index is 1.80. The number of aliphatic carboxylic acids is 1. The number of nitrogens with one attached hydrogen (secondary N) is 1. The van der Waals surface area contributed by atoms with Gasteiger partial charge in [0.15, 0.2) is 24.2 Å². The highest BCUT2D eigenvalue weighted by Crippen LogP contribution is 2.25. The van der Waals surface area contributed by atoms with Gasteiger partial charge in [0.1, 0.15) is 5.75 Å². The van der Waals surface area contributed by atoms with Crippen LogP contribution in [0.15, 0.2) is 53.6 Å². The molecule has 142 valence electrons. The molecule has 0 radical (unpaired) electrons. The van der Waals surface area contributed by atoms with Crippen LogP contribution in [0.2, 0.25) is 0 Å². The molecule has 0 aliphatic carbocycles. The van der Waals surface area contributed by atoms with Gasteiger partial charge in [-0.3, -0.25) is 4.79 Å². The molecule has 0 aliphatic heterocycles. The van der Waals surface area contributed by atoms with Crippen LogP contribution in [0.25, 0.3) is 0 Å². The first-order valence-corrected chi connectivity index (χ1v) is 8.07. The zero-order valence-corrected chi connectivity index (χ0v) is 14.9. The van der Waals surface area contributed by atoms with Gasteiger partial charge in [-0.1, -0.05) is 12.1 Å². The zero-order chi connectivity index (χ0) is 19.6. The maximum atomic E-state index is 11.8. The van der Waals surface area contributed by atoms with Crippen molar-refractivity contribution >= 4 is 18.1 Å². The van der Waals surface area contributed by atoms with Crippen molar-refractivity contribution < 1.29 is 28.9 Å². The molecule has 0 spiro atoms. The standard InChI is InChI=1S/C19H20N2O6/c1-13(19(23)24)27-15-9-7-14(8-10-15)11-20-21-18(22)12-26-17-6-4-3-5-16(17)25-2/h3-11,13H,12H2,1-2H3,(H,21,22)(H,23,24)/b20-11+/t13-/m1/s1. The van der Waals surface area contributed by atoms with E-state index in [0.29, 0.717) is 22.8 Å². The number of hydrazone groups is 1. The van der Waals surface area contributed by atoms with Crippen molar-refractivity contribution in [2.24, 2.45) is 5.10 Å². The van der Waals surface area contributed by atoms with E-state index in [0.717, 1.165) is 0 Å². The van der Waals surface area contributed by atoms with Gasteiger partial charge in [0.05, 0.1) is 13.3 Å². The molecule has 0 bridgehead atoms. The lowest BCUT2D eigenvalue weighted by atomic mass is 10.2. The van der Waals surface area contributed by atoms with Crippen molar-refractivity contribution in [3.05, 3.63) is 54.1 Å². The van der Waals surface area contributed by atoms with Crippen molar-refractivity contribution in [3.63, 3.8) is 0 Å². The number of carbonyl (C=O) groups is 2. The smallest absolute Gasteiger partial charge is 0.344 e. The summed E-state index contributed by atoms with van der Waals surface area (Å²) in [6, 6.07) is 13.6. The van der Waals surface area contributed by atoms with E-state index >= 15 is 0 Å². The van der Waals surface area contributed by atoms with E-state index in [1.807, 2.05) is 0 Å². The summed E-state index contributed by atoms with van der Waals surface area (Å²) in [4.78, 5) is 22.5. The maximum Gasteiger partial charge on any atom is 0.344 e. The summed E-state index contributed by atoms with van der Waals surface area (Å²) in [5.41, 5.74) is 3.06. The Morgan fingerprint density at radius 2 is 1.81 bits per heavy atom. The highest BCUT2D eigenvalue weighted by atomic mass is 16.5. The molecule has 27 heavy (non-hydrogen) atoms. The van der Waals surface area contributed by atoms with Crippen LogP contribution in [0, 0.1) is 0 Å². The third-order valence-electron chi connectivity index (χ3n) is 3.37. The zero-order valence-electron chi connectivity index (χ0n) is 14.9. The number of carboxylic acid groups (broad SMARTS) is 1. The van der Waals surface area contributed by atoms with Gasteiger partial charge in [0, 0.05) is 0 Å². The van der Waals surface area contributed by atoms with Crippen molar-refractivity contribution in [3.8, 4) is 17.2 Å². The molecule has 0 saturated heterocycles. The van der Waals surface area contributed by atoms with Gasteiger partial charge in [-0.2, -0.15) is 5.10 Å². The largest absolute Gasteiger partial charge is 0.493 e. The number of carbonyl (C=O) groups excluding carboxylic acids is 1. The van der Waals surface area contributed by atoms with Gasteiger partial charge in [0.25, 0.3) is 5.91 Å². The van der Waals surface area contributed by atoms with Crippen LogP contribution >= 0.6 is 0 Å². The fraction of sp³-hybridized carbons (Fsp3) is 0.211. The number of nitrogens with zero attached hydrogens (tertiary/aromatic N) is 1. The minimum atomic E-state index is -1.04. The molecule has 1 atom stereocenters. The number of ether oxygens (including phenoxy) is 3. The van der Waals surface area contributed by atoms with Gasteiger partial charge in [-0.05, 0) is 48.9 Å². The van der Waals surface area contributed by atoms with Gasteiger partial charge in [-0.15, -0.1) is 0 Å². The van der Waals surface area contributed by atoms with E-state index in [1.165, 1.54) is 20.2 Å². The number of benzene rings is 2. The van der Waals surface area contributed by atoms with E-state index in [9.17, 15) is 9.59 Å². The van der Waals surface area contributed by atoms with Crippen LogP contribution < -0.4 is 19.6 Å². The second kappa shape index (κ2) is 9.81. The topological polar surface area (TPSA) is 106 Å². The monoisotopic (exact) mass is 372 g/mol. The molecule has 2 rings (SSSR count). The van der Waals surface area contributed by atoms with E-state index in [-0.39, 0.29) is 6.61 Å². The van der Waals surface area contributed by atoms with Crippen LogP contribution in [0.4, 0.5) is 0 Å². The second-order valence-electron chi connectivity index (χ2n) is 5.40. The molecular formula is C19H20N2O6. The highest BCUT2D eigenvalue weighted by Gasteiger charge is 2.11. The SMILES string of the molecule is COc1ccccc1OCC(=O)N/N=C/c1ccc(O[C@H](C)C(=O)O)cc1. The summed E-state index contributed by atoms with van der Waals surface area (Å²) in [5, 5.41) is 12.7. The lowest BCUT2D eigenvalue weighted by molar-refractivity contribution is -0.144. The second-order valence-corrected chi connectivity index (χ2v) is 5.40. The number of para-hydroxylation sites is 2. The Bertz CT molecular complexity index is 804. The molecule has 0 fully saturated rings. The van der Waals surface area contributed by atoms with Crippen molar-refractivity contribution in [2.75, 3.05) is 13.7 Å². The molecule has 0 aromatic heterocycles. The van der Waals surface area contributed by atoms with Gasteiger partial charge in [-0.25, -0.2) is 10.2 Å². The molecule has 8 nitrogen and oxygen atoms in total. The van der Waals surface area contributed by atoms with Crippen molar-refractivity contribution in [1.82, 2.24) is 5.43 Å². The Hall–Kier alpha value is -3.55. The van der Waals surface area contributed by atoms with Crippen molar-refractivity contribution in [2.45, 2.75) is 13.0 Å². The Kier molecular flexibility index (Phi) is 7.18. The molecule has 0 heterocycles. The molecule has 2 aromatic rings. The number of hydrogen-bond acceptors (Lipinski definition) is 6. The number of rotatable bonds is 9. The molecule has 2 N–H and O–H groups in total. The number of methoxy groups -OCH3 is 1. The molecule has 2 aromatic carbocycles. The van der Waals surface area contributed by atoms with E-state index < -0.39 is 18.0 Å². The summed E-state index contributed by atoms with van der Waals surface area (Å²) in [7, 11) is 1.52. The normalized spacial score (nSPS) is 11.6. The number of carboxylic acids is 1. The third-order valence-corrected chi connectivity index (χ3v) is 3.37. The summed E-state index contributed by atoms with van der Waals surface area (Å²) in [6.45, 7) is 1.23. The quantitative estimate of drug-likeness (QED) is 0.516. The lowest BCUT2D eigenvalue weighted by Crippen LogP contribution is -2.24. The summed E-state index contributed by atoms with van der Waals surface area (Å²) >= 11 is 0. The molecule has 8 heteroatoms. The summed E-state index contributed by atoms with van der Waals surface area (Å²) in [6.07, 6.45) is 0.512. The Morgan fingerprint density at radius 1 is 1.15 bits per heavy atom. The van der Waals surface area contributed by atoms with Crippen LogP contribution in [0.5, 0.6) is 17.2 Å². The molecular weight excluding hydrogens is 352 g/mol. The Labute approximate surface area is 156 Å². The average molecular weight is 372 g/mol. The molecule has 1 amide bonds. The van der Waals surface area contributed by atoms with Crippen LogP contribution in [-0.4, -0.2) is 43.0 Å². The lowest BCUT2D eigenvalue weighted by Gasteiger charge is -2.10. The minimum Gasteiger partial charge on any atom is -0.493 e. The van der Waals surface area contributed by atoms with Gasteiger partial charge >= 0.3 is 5.97 Å². The predicted molar refractivity (Wildman–Crippen MR) is 98.4 cm³/mol. The minimum absolute atomic E-state index is 0.211. The van der Waals surface area contributed by atoms with Gasteiger partial charge in [0.2, 0.25) is 0 Å². The first-order valence-electron chi connectivity index (χ1n) is 8.07. The third kappa shape index (κ3) is 6.35. The van der Waals surface area contributed by atoms with Gasteiger partial charge < -0.3 is 19.3 Å². The number of hydrogen-bond donors (Lipinski definition) is 2. The fourth-order valence-corrected chi connectivity index (χ4v) is 1.98. The molecule has 0 saturated carbocycles. The predicted octanol–water partition coefficient (Wildman–Crippen LogP) is 2.08. The van der Waals surface area contributed by atoms with E-state index in [2.05, 4.69) is 10.5 Å². The first-order chi connectivity index (χ1) is 13.0. The Morgan fingerprint density at radius 3 is 2.44 bits per heavy atom. The van der Waals surface area contributed by atoms with Crippen LogP contribution in [0.1, 0.15) is 12.5 Å². The molecule has 0 aliphatic rings. The fourth-order valence-electron chi connectivity index (χ4n) is 1.98. The van der Waals surface area contributed by atoms with Crippen LogP contribution in [-0.2, 0) is 9.59 Å². The maximum absolute atomic E-state index is 11.8. The molecule has 0 unspecified atom stereocenters. The van der Waals surface area contributed by atoms with E-state index in [4.69, 9.17) is 19.3 Å². The van der Waals surface area contributed by atoms with E-state index in [1.54, 1.807) is 48.5 Å².